The fourth-order valence-electron chi connectivity index (χ4n) is 4.09. The average molecular weight is 401 g/mol. The Morgan fingerprint density at radius 2 is 2.14 bits per heavy atom. The highest BCUT2D eigenvalue weighted by Crippen LogP contribution is 2.40. The molecule has 1 N–H and O–H groups in total. The standard InChI is InChI=1S/C21H28N4O2S/c1-5-24-14(2)13-16(15(24)3)20-19(17-9-6-7-11-22-17)23-21(28)25(20)12-8-10-18(26)27-4/h6-7,9,11,13,19-20H,5,8,10,12H2,1-4H3,(H,23,28). The Morgan fingerprint density at radius 3 is 2.75 bits per heavy atom. The summed E-state index contributed by atoms with van der Waals surface area (Å²) in [5, 5.41) is 4.17. The molecule has 1 aliphatic rings. The van der Waals surface area contributed by atoms with Gasteiger partial charge in [0.15, 0.2) is 5.11 Å². The zero-order chi connectivity index (χ0) is 20.3. The molecule has 0 bridgehead atoms. The molecule has 28 heavy (non-hydrogen) atoms. The van der Waals surface area contributed by atoms with Crippen molar-refractivity contribution in [2.75, 3.05) is 13.7 Å². The number of nitrogens with zero attached hydrogens (tertiary/aromatic N) is 3. The van der Waals surface area contributed by atoms with Crippen molar-refractivity contribution in [2.45, 2.75) is 52.2 Å². The van der Waals surface area contributed by atoms with Crippen LogP contribution in [0.4, 0.5) is 0 Å². The molecule has 6 nitrogen and oxygen atoms in total. The number of esters is 1. The topological polar surface area (TPSA) is 59.4 Å². The van der Waals surface area contributed by atoms with Crippen LogP contribution < -0.4 is 5.32 Å². The lowest BCUT2D eigenvalue weighted by Crippen LogP contribution is -2.31. The van der Waals surface area contributed by atoms with Crippen LogP contribution in [0.3, 0.4) is 0 Å². The third kappa shape index (κ3) is 3.90. The Kier molecular flexibility index (Phi) is 6.34. The Bertz CT molecular complexity index is 850. The number of aromatic nitrogens is 2. The van der Waals surface area contributed by atoms with Crippen LogP contribution in [0, 0.1) is 13.8 Å². The second kappa shape index (κ2) is 8.73. The summed E-state index contributed by atoms with van der Waals surface area (Å²) in [6, 6.07) is 8.21. The number of thiocarbonyl (C=S) groups is 1. The van der Waals surface area contributed by atoms with E-state index in [0.29, 0.717) is 24.5 Å². The van der Waals surface area contributed by atoms with Gasteiger partial charge in [-0.15, -0.1) is 0 Å². The van der Waals surface area contributed by atoms with Crippen molar-refractivity contribution in [3.8, 4) is 0 Å². The van der Waals surface area contributed by atoms with Gasteiger partial charge in [-0.1, -0.05) is 6.07 Å². The first-order valence-corrected chi connectivity index (χ1v) is 10.1. The van der Waals surface area contributed by atoms with Crippen LogP contribution in [-0.4, -0.2) is 39.2 Å². The summed E-state index contributed by atoms with van der Waals surface area (Å²) in [6.07, 6.45) is 2.88. The zero-order valence-electron chi connectivity index (χ0n) is 16.9. The molecule has 1 aliphatic heterocycles. The van der Waals surface area contributed by atoms with Crippen LogP contribution in [0.5, 0.6) is 0 Å². The molecule has 0 aliphatic carbocycles. The lowest BCUT2D eigenvalue weighted by Gasteiger charge is -2.28. The minimum Gasteiger partial charge on any atom is -0.469 e. The maximum Gasteiger partial charge on any atom is 0.305 e. The van der Waals surface area contributed by atoms with Crippen molar-refractivity contribution in [1.82, 2.24) is 19.8 Å². The number of rotatable bonds is 7. The molecule has 0 amide bonds. The van der Waals surface area contributed by atoms with Crippen LogP contribution >= 0.6 is 12.2 Å². The predicted molar refractivity (Wildman–Crippen MR) is 113 cm³/mol. The lowest BCUT2D eigenvalue weighted by molar-refractivity contribution is -0.140. The molecule has 0 saturated carbocycles. The minimum absolute atomic E-state index is 0.0300. The van der Waals surface area contributed by atoms with E-state index in [1.807, 2.05) is 24.4 Å². The van der Waals surface area contributed by atoms with Crippen molar-refractivity contribution >= 4 is 23.3 Å². The van der Waals surface area contributed by atoms with Gasteiger partial charge in [-0.3, -0.25) is 9.78 Å². The van der Waals surface area contributed by atoms with E-state index in [9.17, 15) is 4.79 Å². The Balaban J connectivity index is 1.96. The normalized spacial score (nSPS) is 19.0. The van der Waals surface area contributed by atoms with Crippen molar-refractivity contribution in [3.63, 3.8) is 0 Å². The monoisotopic (exact) mass is 400 g/mol. The van der Waals surface area contributed by atoms with Gasteiger partial charge >= 0.3 is 5.97 Å². The molecule has 0 aromatic carbocycles. The quantitative estimate of drug-likeness (QED) is 0.567. The molecular formula is C21H28N4O2S. The molecule has 3 heterocycles. The van der Waals surface area contributed by atoms with Gasteiger partial charge in [0.2, 0.25) is 0 Å². The predicted octanol–water partition coefficient (Wildman–Crippen LogP) is 3.45. The molecule has 2 atom stereocenters. The largest absolute Gasteiger partial charge is 0.469 e. The van der Waals surface area contributed by atoms with E-state index in [4.69, 9.17) is 17.0 Å². The lowest BCUT2D eigenvalue weighted by atomic mass is 9.96. The molecule has 2 aromatic heterocycles. The second-order valence-corrected chi connectivity index (χ2v) is 7.46. The summed E-state index contributed by atoms with van der Waals surface area (Å²) >= 11 is 5.68. The van der Waals surface area contributed by atoms with Crippen LogP contribution in [0.2, 0.25) is 0 Å². The highest BCUT2D eigenvalue weighted by molar-refractivity contribution is 7.80. The Hall–Kier alpha value is -2.41. The number of aryl methyl sites for hydroxylation is 1. The van der Waals surface area contributed by atoms with E-state index in [1.54, 1.807) is 0 Å². The molecule has 0 spiro atoms. The van der Waals surface area contributed by atoms with E-state index < -0.39 is 0 Å². The van der Waals surface area contributed by atoms with Gasteiger partial charge in [-0.2, -0.15) is 0 Å². The van der Waals surface area contributed by atoms with Gasteiger partial charge in [0, 0.05) is 37.1 Å². The number of hydrogen-bond donors (Lipinski definition) is 1. The number of ether oxygens (including phenoxy) is 1. The van der Waals surface area contributed by atoms with Crippen molar-refractivity contribution in [2.24, 2.45) is 0 Å². The molecule has 7 heteroatoms. The van der Waals surface area contributed by atoms with Gasteiger partial charge < -0.3 is 19.5 Å². The highest BCUT2D eigenvalue weighted by Gasteiger charge is 2.41. The number of carbonyl (C=O) groups is 1. The third-order valence-electron chi connectivity index (χ3n) is 5.45. The first-order valence-electron chi connectivity index (χ1n) is 9.69. The SMILES string of the molecule is CCn1c(C)cc(C2C(c3ccccn3)NC(=S)N2CCCC(=O)OC)c1C. The molecule has 3 rings (SSSR count). The zero-order valence-corrected chi connectivity index (χ0v) is 17.8. The second-order valence-electron chi connectivity index (χ2n) is 7.07. The van der Waals surface area contributed by atoms with Gasteiger partial charge in [-0.25, -0.2) is 0 Å². The van der Waals surface area contributed by atoms with E-state index in [0.717, 1.165) is 12.2 Å². The molecule has 2 aromatic rings. The first kappa shape index (κ1) is 20.3. The number of carbonyl (C=O) groups excluding carboxylic acids is 1. The molecule has 2 unspecified atom stereocenters. The smallest absolute Gasteiger partial charge is 0.305 e. The van der Waals surface area contributed by atoms with E-state index in [1.165, 1.54) is 24.1 Å². The van der Waals surface area contributed by atoms with Gasteiger partial charge in [-0.05, 0) is 63.2 Å². The highest BCUT2D eigenvalue weighted by atomic mass is 32.1. The van der Waals surface area contributed by atoms with Gasteiger partial charge in [0.25, 0.3) is 0 Å². The van der Waals surface area contributed by atoms with Crippen LogP contribution in [0.1, 0.15) is 54.5 Å². The van der Waals surface area contributed by atoms with Gasteiger partial charge in [0.1, 0.15) is 0 Å². The Labute approximate surface area is 171 Å². The third-order valence-corrected chi connectivity index (χ3v) is 5.81. The summed E-state index contributed by atoms with van der Waals surface area (Å²) in [4.78, 5) is 18.3. The van der Waals surface area contributed by atoms with E-state index in [2.05, 4.69) is 46.6 Å². The average Bonchev–Trinajstić information content (AvgIpc) is 3.17. The summed E-state index contributed by atoms with van der Waals surface area (Å²) in [5.41, 5.74) is 4.70. The maximum absolute atomic E-state index is 11.5. The molecule has 1 saturated heterocycles. The van der Waals surface area contributed by atoms with Crippen LogP contribution in [0.25, 0.3) is 0 Å². The fourth-order valence-corrected chi connectivity index (χ4v) is 4.43. The Morgan fingerprint density at radius 1 is 1.36 bits per heavy atom. The summed E-state index contributed by atoms with van der Waals surface area (Å²) in [7, 11) is 1.42. The fraction of sp³-hybridized carbons (Fsp3) is 0.476. The van der Waals surface area contributed by atoms with Gasteiger partial charge in [0.05, 0.1) is 24.9 Å². The maximum atomic E-state index is 11.5. The molecule has 1 fully saturated rings. The van der Waals surface area contributed by atoms with Crippen LogP contribution in [0.15, 0.2) is 30.5 Å². The summed E-state index contributed by atoms with van der Waals surface area (Å²) in [5.74, 6) is -0.194. The minimum atomic E-state index is -0.194. The number of nitrogens with one attached hydrogen (secondary N) is 1. The van der Waals surface area contributed by atoms with Crippen molar-refractivity contribution in [3.05, 3.63) is 53.1 Å². The van der Waals surface area contributed by atoms with Crippen LogP contribution in [-0.2, 0) is 16.1 Å². The van der Waals surface area contributed by atoms with E-state index >= 15 is 0 Å². The number of methoxy groups -OCH3 is 1. The van der Waals surface area contributed by atoms with Crippen molar-refractivity contribution < 1.29 is 9.53 Å². The number of hydrogen-bond acceptors (Lipinski definition) is 4. The summed E-state index contributed by atoms with van der Waals surface area (Å²) < 4.78 is 7.10. The summed E-state index contributed by atoms with van der Waals surface area (Å²) in [6.45, 7) is 8.07. The first-order chi connectivity index (χ1) is 13.5. The molecule has 150 valence electrons. The van der Waals surface area contributed by atoms with Crippen molar-refractivity contribution in [1.29, 1.82) is 0 Å². The van der Waals surface area contributed by atoms with E-state index in [-0.39, 0.29) is 18.1 Å². The molecule has 0 radical (unpaired) electrons. The molecular weight excluding hydrogens is 372 g/mol. The number of pyridine rings is 1.